The first-order chi connectivity index (χ1) is 15.8. The van der Waals surface area contributed by atoms with Crippen LogP contribution in [0.4, 0.5) is 13.2 Å². The third-order valence-electron chi connectivity index (χ3n) is 6.89. The van der Waals surface area contributed by atoms with Gasteiger partial charge in [0.1, 0.15) is 0 Å². The Hall–Kier alpha value is -2.24. The van der Waals surface area contributed by atoms with Gasteiger partial charge in [-0.2, -0.15) is 13.2 Å². The van der Waals surface area contributed by atoms with Crippen LogP contribution in [0.2, 0.25) is 0 Å². The molecule has 2 saturated heterocycles. The summed E-state index contributed by atoms with van der Waals surface area (Å²) in [6.07, 6.45) is -0.221. The minimum Gasteiger partial charge on any atom is -0.339 e. The highest BCUT2D eigenvalue weighted by molar-refractivity contribution is 5.94. The van der Waals surface area contributed by atoms with Gasteiger partial charge < -0.3 is 10.2 Å². The van der Waals surface area contributed by atoms with E-state index in [1.165, 1.54) is 48.7 Å². The van der Waals surface area contributed by atoms with Crippen LogP contribution in [-0.2, 0) is 4.79 Å². The molecule has 4 rings (SSSR count). The molecule has 0 bridgehead atoms. The Morgan fingerprint density at radius 2 is 1.76 bits per heavy atom. The van der Waals surface area contributed by atoms with Crippen LogP contribution in [0.15, 0.2) is 24.5 Å². The van der Waals surface area contributed by atoms with Gasteiger partial charge in [0.2, 0.25) is 5.91 Å². The third-order valence-corrected chi connectivity index (χ3v) is 6.89. The normalized spacial score (nSPS) is 22.6. The Morgan fingerprint density at radius 3 is 2.30 bits per heavy atom. The number of rotatable bonds is 6. The highest BCUT2D eigenvalue weighted by atomic mass is 19.4. The average molecular weight is 469 g/mol. The lowest BCUT2D eigenvalue weighted by atomic mass is 9.91. The number of carbonyl (C=O) groups is 2. The fraction of sp³-hybridized carbons (Fsp3) is 0.682. The van der Waals surface area contributed by atoms with Crippen molar-refractivity contribution >= 4 is 11.8 Å². The molecule has 1 aromatic heterocycles. The van der Waals surface area contributed by atoms with E-state index in [9.17, 15) is 22.8 Å². The molecule has 1 N–H and O–H groups in total. The van der Waals surface area contributed by atoms with Gasteiger partial charge in [0, 0.05) is 70.8 Å². The van der Waals surface area contributed by atoms with Crippen LogP contribution in [-0.4, -0.2) is 114 Å². The van der Waals surface area contributed by atoms with Gasteiger partial charge in [0.25, 0.3) is 5.91 Å². The quantitative estimate of drug-likeness (QED) is 0.672. The lowest BCUT2D eigenvalue weighted by molar-refractivity contribution is -0.193. The Labute approximate surface area is 191 Å². The Balaban J connectivity index is 1.25. The second kappa shape index (κ2) is 10.4. The third kappa shape index (κ3) is 6.01. The van der Waals surface area contributed by atoms with Gasteiger partial charge in [-0.1, -0.05) is 6.42 Å². The maximum atomic E-state index is 13.7. The first-order valence-electron chi connectivity index (χ1n) is 11.6. The molecule has 2 amide bonds. The summed E-state index contributed by atoms with van der Waals surface area (Å²) in [5, 5.41) is 2.10. The lowest BCUT2D eigenvalue weighted by Crippen LogP contribution is -2.62. The van der Waals surface area contributed by atoms with Crippen molar-refractivity contribution in [2.45, 2.75) is 37.6 Å². The van der Waals surface area contributed by atoms with Gasteiger partial charge in [-0.25, -0.2) is 0 Å². The van der Waals surface area contributed by atoms with E-state index in [0.29, 0.717) is 32.2 Å². The second-order valence-corrected chi connectivity index (χ2v) is 8.97. The SMILES string of the molecule is O=C(NC(N1CCN(CC(=O)N2CCN(C3CCC3)CC2)CC1)C(F)(F)F)c1cccnc1. The van der Waals surface area contributed by atoms with Gasteiger partial charge in [0.15, 0.2) is 6.17 Å². The molecule has 1 saturated carbocycles. The van der Waals surface area contributed by atoms with Crippen LogP contribution >= 0.6 is 0 Å². The number of alkyl halides is 3. The van der Waals surface area contributed by atoms with Crippen LogP contribution in [0.3, 0.4) is 0 Å². The molecule has 3 aliphatic rings. The van der Waals surface area contributed by atoms with Gasteiger partial charge in [-0.3, -0.25) is 29.3 Å². The summed E-state index contributed by atoms with van der Waals surface area (Å²) in [5.41, 5.74) is 0.0772. The molecule has 1 aromatic rings. The maximum absolute atomic E-state index is 13.7. The maximum Gasteiger partial charge on any atom is 0.422 e. The molecule has 3 heterocycles. The van der Waals surface area contributed by atoms with Crippen molar-refractivity contribution in [2.75, 3.05) is 58.9 Å². The highest BCUT2D eigenvalue weighted by Gasteiger charge is 2.45. The van der Waals surface area contributed by atoms with E-state index in [4.69, 9.17) is 0 Å². The van der Waals surface area contributed by atoms with Crippen LogP contribution < -0.4 is 5.32 Å². The largest absolute Gasteiger partial charge is 0.422 e. The average Bonchev–Trinajstić information content (AvgIpc) is 2.77. The summed E-state index contributed by atoms with van der Waals surface area (Å²) in [7, 11) is 0. The molecular formula is C22H31F3N6O2. The zero-order valence-corrected chi connectivity index (χ0v) is 18.6. The standard InChI is InChI=1S/C22H31F3N6O2/c23-22(24,25)21(27-20(33)17-3-2-6-26-15-17)31-9-7-28(8-10-31)16-19(32)30-13-11-29(12-14-30)18-4-1-5-18/h2-3,6,15,18,21H,1,4-5,7-14,16H2,(H,27,33). The van der Waals surface area contributed by atoms with Crippen molar-refractivity contribution in [3.63, 3.8) is 0 Å². The number of nitrogens with one attached hydrogen (secondary N) is 1. The van der Waals surface area contributed by atoms with E-state index in [1.807, 2.05) is 9.80 Å². The van der Waals surface area contributed by atoms with Crippen molar-refractivity contribution in [2.24, 2.45) is 0 Å². The molecule has 11 heteroatoms. The van der Waals surface area contributed by atoms with Crippen LogP contribution in [0.1, 0.15) is 29.6 Å². The molecular weight excluding hydrogens is 437 g/mol. The predicted molar refractivity (Wildman–Crippen MR) is 115 cm³/mol. The molecule has 0 aromatic carbocycles. The Morgan fingerprint density at radius 1 is 1.06 bits per heavy atom. The van der Waals surface area contributed by atoms with E-state index in [2.05, 4.69) is 15.2 Å². The molecule has 1 aliphatic carbocycles. The van der Waals surface area contributed by atoms with E-state index in [1.54, 1.807) is 0 Å². The Bertz CT molecular complexity index is 804. The summed E-state index contributed by atoms with van der Waals surface area (Å²) in [6.45, 7) is 4.34. The van der Waals surface area contributed by atoms with Crippen molar-refractivity contribution < 1.29 is 22.8 Å². The van der Waals surface area contributed by atoms with Crippen molar-refractivity contribution in [3.8, 4) is 0 Å². The Kier molecular flexibility index (Phi) is 7.50. The van der Waals surface area contributed by atoms with Crippen LogP contribution in [0.25, 0.3) is 0 Å². The molecule has 33 heavy (non-hydrogen) atoms. The molecule has 1 atom stereocenters. The summed E-state index contributed by atoms with van der Waals surface area (Å²) in [4.78, 5) is 36.2. The van der Waals surface area contributed by atoms with E-state index in [-0.39, 0.29) is 31.1 Å². The number of amides is 2. The van der Waals surface area contributed by atoms with E-state index >= 15 is 0 Å². The predicted octanol–water partition coefficient (Wildman–Crippen LogP) is 1.01. The fourth-order valence-electron chi connectivity index (χ4n) is 4.64. The number of carbonyl (C=O) groups excluding carboxylic acids is 2. The first kappa shape index (κ1) is 23.9. The highest BCUT2D eigenvalue weighted by Crippen LogP contribution is 2.26. The number of hydrogen-bond acceptors (Lipinski definition) is 6. The van der Waals surface area contributed by atoms with Crippen molar-refractivity contribution in [3.05, 3.63) is 30.1 Å². The molecule has 2 aliphatic heterocycles. The van der Waals surface area contributed by atoms with Crippen molar-refractivity contribution in [1.29, 1.82) is 0 Å². The fourth-order valence-corrected chi connectivity index (χ4v) is 4.64. The summed E-state index contributed by atoms with van der Waals surface area (Å²) in [5.74, 6) is -0.780. The summed E-state index contributed by atoms with van der Waals surface area (Å²) < 4.78 is 41.1. The number of pyridine rings is 1. The molecule has 0 spiro atoms. The minimum absolute atomic E-state index is 0.0361. The van der Waals surface area contributed by atoms with Gasteiger partial charge >= 0.3 is 6.18 Å². The number of piperazine rings is 2. The second-order valence-electron chi connectivity index (χ2n) is 8.97. The molecule has 3 fully saturated rings. The minimum atomic E-state index is -4.62. The molecule has 182 valence electrons. The van der Waals surface area contributed by atoms with Crippen molar-refractivity contribution in [1.82, 2.24) is 29.9 Å². The molecule has 8 nitrogen and oxygen atoms in total. The molecule has 1 unspecified atom stereocenters. The summed E-state index contributed by atoms with van der Waals surface area (Å²) >= 11 is 0. The number of nitrogens with zero attached hydrogens (tertiary/aromatic N) is 5. The monoisotopic (exact) mass is 468 g/mol. The summed E-state index contributed by atoms with van der Waals surface area (Å²) in [6, 6.07) is 3.60. The zero-order chi connectivity index (χ0) is 23.4. The molecule has 0 radical (unpaired) electrons. The lowest BCUT2D eigenvalue weighted by Gasteiger charge is -2.43. The van der Waals surface area contributed by atoms with Gasteiger partial charge in [-0.15, -0.1) is 0 Å². The smallest absolute Gasteiger partial charge is 0.339 e. The zero-order valence-electron chi connectivity index (χ0n) is 18.6. The first-order valence-corrected chi connectivity index (χ1v) is 11.6. The van der Waals surface area contributed by atoms with Crippen LogP contribution in [0, 0.1) is 0 Å². The van der Waals surface area contributed by atoms with E-state index in [0.717, 1.165) is 13.1 Å². The van der Waals surface area contributed by atoms with Gasteiger partial charge in [0.05, 0.1) is 12.1 Å². The van der Waals surface area contributed by atoms with Crippen LogP contribution in [0.5, 0.6) is 0 Å². The number of aromatic nitrogens is 1. The number of hydrogen-bond donors (Lipinski definition) is 1. The number of halogens is 3. The van der Waals surface area contributed by atoms with Gasteiger partial charge in [-0.05, 0) is 25.0 Å². The van der Waals surface area contributed by atoms with E-state index < -0.39 is 18.2 Å². The topological polar surface area (TPSA) is 72.0 Å².